The topological polar surface area (TPSA) is 38.9 Å². The van der Waals surface area contributed by atoms with Gasteiger partial charge < -0.3 is 14.4 Å². The number of nitrogens with zero attached hydrogens (tertiary/aromatic N) is 2. The Morgan fingerprint density at radius 2 is 1.62 bits per heavy atom. The summed E-state index contributed by atoms with van der Waals surface area (Å²) in [5, 5.41) is 6.61. The van der Waals surface area contributed by atoms with Crippen LogP contribution in [0.1, 0.15) is 101 Å². The SMILES string of the molecule is [2H]C([2H])([2H])c1c[c-]c(-c2ccc(C([2H])([2H])C(C)(C)C)cn2)cc1.[2H]C([2H])([2H])c1cnc(-c2[c-]ccc3c2oc2cc4c(ccc5ccccc54)cc23)cc1C1([2H])CCC(C)(C)CC1.[Ir]. The summed E-state index contributed by atoms with van der Waals surface area (Å²) in [6.07, 6.45) is 4.48. The van der Waals surface area contributed by atoms with Crippen molar-refractivity contribution in [3.63, 3.8) is 0 Å². The Bertz CT molecular complexity index is 2970. The summed E-state index contributed by atoms with van der Waals surface area (Å²) in [6, 6.07) is 37.0. The van der Waals surface area contributed by atoms with Gasteiger partial charge in [-0.05, 0) is 117 Å². The zero-order valence-corrected chi connectivity index (χ0v) is 34.3. The Balaban J connectivity index is 0.000000219. The average molecular weight is 908 g/mol. The van der Waals surface area contributed by atoms with Crippen LogP contribution in [0.25, 0.3) is 66.0 Å². The molecule has 5 aromatic carbocycles. The van der Waals surface area contributed by atoms with E-state index in [4.69, 9.17) is 15.4 Å². The van der Waals surface area contributed by atoms with E-state index in [-0.39, 0.29) is 36.6 Å². The van der Waals surface area contributed by atoms with Gasteiger partial charge >= 0.3 is 0 Å². The van der Waals surface area contributed by atoms with E-state index in [1.807, 2.05) is 45.0 Å². The van der Waals surface area contributed by atoms with Crippen molar-refractivity contribution in [2.75, 3.05) is 0 Å². The van der Waals surface area contributed by atoms with E-state index in [1.54, 1.807) is 24.3 Å². The van der Waals surface area contributed by atoms with Gasteiger partial charge in [-0.1, -0.05) is 107 Å². The van der Waals surface area contributed by atoms with Gasteiger partial charge in [-0.3, -0.25) is 0 Å². The molecule has 0 aliphatic heterocycles. The molecule has 3 nitrogen and oxygen atoms in total. The molecule has 1 aliphatic carbocycles. The second kappa shape index (κ2) is 15.5. The number of aromatic nitrogens is 2. The Labute approximate surface area is 352 Å². The molecule has 0 N–H and O–H groups in total. The first-order valence-electron chi connectivity index (χ1n) is 23.1. The van der Waals surface area contributed by atoms with Crippen molar-refractivity contribution >= 4 is 43.5 Å². The summed E-state index contributed by atoms with van der Waals surface area (Å²) in [5.41, 5.74) is 5.12. The molecule has 1 saturated carbocycles. The van der Waals surface area contributed by atoms with E-state index >= 15 is 0 Å². The molecule has 1 radical (unpaired) electrons. The zero-order chi connectivity index (χ0) is 45.3. The van der Waals surface area contributed by atoms with Gasteiger partial charge in [-0.25, -0.2) is 0 Å². The molecule has 3 aromatic heterocycles. The molecule has 0 bridgehead atoms. The third-order valence-electron chi connectivity index (χ3n) is 10.4. The maximum absolute atomic E-state index is 9.41. The third kappa shape index (κ3) is 8.32. The van der Waals surface area contributed by atoms with Gasteiger partial charge in [-0.15, -0.1) is 53.6 Å². The number of fused-ring (bicyclic) bond motifs is 6. The quantitative estimate of drug-likeness (QED) is 0.130. The molecule has 281 valence electrons. The van der Waals surface area contributed by atoms with Crippen molar-refractivity contribution in [3.05, 3.63) is 144 Å². The molecule has 4 heteroatoms. The number of furan rings is 1. The molecule has 9 rings (SSSR count). The predicted octanol–water partition coefficient (Wildman–Crippen LogP) is 14.2. The van der Waals surface area contributed by atoms with Crippen molar-refractivity contribution in [3.8, 4) is 22.5 Å². The molecule has 0 atom stereocenters. The van der Waals surface area contributed by atoms with Gasteiger partial charge in [0.05, 0.1) is 5.58 Å². The largest absolute Gasteiger partial charge is 0.501 e. The van der Waals surface area contributed by atoms with Crippen LogP contribution in [0.3, 0.4) is 0 Å². The average Bonchev–Trinajstić information content (AvgIpc) is 3.61. The molecule has 1 fully saturated rings. The van der Waals surface area contributed by atoms with E-state index in [2.05, 4.69) is 78.4 Å². The van der Waals surface area contributed by atoms with E-state index in [9.17, 15) is 1.37 Å². The summed E-state index contributed by atoms with van der Waals surface area (Å²) in [6.45, 7) is 5.50. The number of hydrogen-bond donors (Lipinski definition) is 0. The molecule has 0 spiro atoms. The number of hydrogen-bond acceptors (Lipinski definition) is 3. The van der Waals surface area contributed by atoms with Crippen LogP contribution in [-0.2, 0) is 26.5 Å². The van der Waals surface area contributed by atoms with Crippen LogP contribution >= 0.6 is 0 Å². The number of benzene rings is 5. The molecule has 1 aliphatic rings. The molecule has 8 aromatic rings. The van der Waals surface area contributed by atoms with Crippen molar-refractivity contribution in [2.24, 2.45) is 10.8 Å². The summed E-state index contributed by atoms with van der Waals surface area (Å²) in [7, 11) is 0. The maximum Gasteiger partial charge on any atom is 0.121 e. The Morgan fingerprint density at radius 1 is 0.818 bits per heavy atom. The molecular weight excluding hydrogens is 849 g/mol. The van der Waals surface area contributed by atoms with Gasteiger partial charge in [0.2, 0.25) is 0 Å². The predicted molar refractivity (Wildman–Crippen MR) is 227 cm³/mol. The van der Waals surface area contributed by atoms with Crippen LogP contribution in [0.15, 0.2) is 114 Å². The summed E-state index contributed by atoms with van der Waals surface area (Å²) >= 11 is 0. The van der Waals surface area contributed by atoms with Gasteiger partial charge in [0.25, 0.3) is 0 Å². The van der Waals surface area contributed by atoms with Crippen molar-refractivity contribution in [2.45, 2.75) is 86.3 Å². The van der Waals surface area contributed by atoms with Crippen LogP contribution in [-0.4, -0.2) is 9.97 Å². The van der Waals surface area contributed by atoms with Crippen LogP contribution in [0.4, 0.5) is 0 Å². The summed E-state index contributed by atoms with van der Waals surface area (Å²) in [5.74, 6) is -0.975. The van der Waals surface area contributed by atoms with E-state index in [1.165, 1.54) is 29.2 Å². The van der Waals surface area contributed by atoms with Gasteiger partial charge in [0, 0.05) is 50.2 Å². The second-order valence-corrected chi connectivity index (χ2v) is 16.2. The van der Waals surface area contributed by atoms with Gasteiger partial charge in [0.15, 0.2) is 0 Å². The molecular formula is C51H50IrN2O-2. The number of rotatable bonds is 4. The first-order valence-corrected chi connectivity index (χ1v) is 18.6. The van der Waals surface area contributed by atoms with Crippen LogP contribution in [0.2, 0.25) is 0 Å². The fraction of sp³-hybridized carbons (Fsp3) is 0.294. The van der Waals surface area contributed by atoms with E-state index in [0.29, 0.717) is 52.1 Å². The minimum Gasteiger partial charge on any atom is -0.501 e. The smallest absolute Gasteiger partial charge is 0.121 e. The van der Waals surface area contributed by atoms with E-state index < -0.39 is 31.4 Å². The van der Waals surface area contributed by atoms with Crippen LogP contribution in [0, 0.1) is 36.7 Å². The van der Waals surface area contributed by atoms with Crippen molar-refractivity contribution in [1.82, 2.24) is 9.97 Å². The fourth-order valence-electron chi connectivity index (χ4n) is 7.46. The third-order valence-corrected chi connectivity index (χ3v) is 10.4. The summed E-state index contributed by atoms with van der Waals surface area (Å²) in [4.78, 5) is 8.92. The van der Waals surface area contributed by atoms with Crippen molar-refractivity contribution in [1.29, 1.82) is 0 Å². The standard InChI is InChI=1S/C34H30NO.C17H20N.Ir/c1-21-20-35-31(18-28(21)23-13-15-34(2,3)16-14-23)27-10-6-9-26-30-17-24-12-11-22-7-4-5-8-25(22)29(24)19-32(30)36-33(26)27;1-13-5-8-15(9-6-13)16-10-7-14(12-18-16)11-17(2,3)4;/h4-9,11-12,17-20,23H,13-16H2,1-3H3;5-8,10,12H,11H2,1-4H3;/q2*-1;/i1D3,23D;1D3,11D2;. The number of pyridine rings is 2. The molecule has 0 unspecified atom stereocenters. The first kappa shape index (κ1) is 28.7. The molecule has 55 heavy (non-hydrogen) atoms. The van der Waals surface area contributed by atoms with Gasteiger partial charge in [0.1, 0.15) is 5.58 Å². The minimum atomic E-state index is -2.35. The normalized spacial score (nSPS) is 18.2. The first-order chi connectivity index (χ1) is 29.5. The Morgan fingerprint density at radius 3 is 2.35 bits per heavy atom. The Hall–Kier alpha value is -4.63. The summed E-state index contributed by atoms with van der Waals surface area (Å²) < 4.78 is 79.0. The molecule has 3 heterocycles. The van der Waals surface area contributed by atoms with Crippen LogP contribution in [0.5, 0.6) is 0 Å². The second-order valence-electron chi connectivity index (χ2n) is 16.2. The van der Waals surface area contributed by atoms with Gasteiger partial charge in [-0.2, -0.15) is 0 Å². The van der Waals surface area contributed by atoms with Crippen molar-refractivity contribution < 1.29 is 36.9 Å². The monoisotopic (exact) mass is 908 g/mol. The zero-order valence-electron chi connectivity index (χ0n) is 40.9. The molecule has 0 saturated heterocycles. The Kier molecular flexibility index (Phi) is 8.09. The minimum absolute atomic E-state index is 0. The number of aryl methyl sites for hydroxylation is 2. The molecule has 0 amide bonds. The van der Waals surface area contributed by atoms with E-state index in [0.717, 1.165) is 40.0 Å². The van der Waals surface area contributed by atoms with Crippen LogP contribution < -0.4 is 0 Å². The maximum atomic E-state index is 9.41. The fourth-order valence-corrected chi connectivity index (χ4v) is 7.46.